The second kappa shape index (κ2) is 28.3. The van der Waals surface area contributed by atoms with Gasteiger partial charge >= 0.3 is 0 Å². The molecular weight excluding hydrogens is 410 g/mol. The monoisotopic (exact) mass is 473 g/mol. The van der Waals surface area contributed by atoms with Crippen LogP contribution in [0, 0.1) is 0 Å². The highest BCUT2D eigenvalue weighted by Crippen LogP contribution is 2.14. The standard InChI is InChI=1S/C19H40.C14H23N/c1-3-5-7-9-11-13-15-17-19-18-16-14-12-10-8-6-4-2;1-2-3-4-5-6-7-8-13-9-11-14(15)12-10-13/h3-19H2,1-2H3;9-12H,2-8,15H2,1H3. The Hall–Kier alpha value is -0.980. The SMILES string of the molecule is CCCCCCCCCCCCCCCCCCC.CCCCCCCCc1ccc(N)cc1. The maximum atomic E-state index is 5.64. The fraction of sp³-hybridized carbons (Fsp3) is 0.818. The second-order valence-corrected chi connectivity index (χ2v) is 10.6. The average Bonchev–Trinajstić information content (AvgIpc) is 2.85. The molecule has 0 aliphatic heterocycles. The summed E-state index contributed by atoms with van der Waals surface area (Å²) in [5, 5.41) is 0. The normalized spacial score (nSPS) is 10.8. The van der Waals surface area contributed by atoms with Crippen molar-refractivity contribution in [2.45, 2.75) is 175 Å². The summed E-state index contributed by atoms with van der Waals surface area (Å²) in [5.74, 6) is 0. The fourth-order valence-electron chi connectivity index (χ4n) is 4.59. The van der Waals surface area contributed by atoms with Crippen LogP contribution in [0.2, 0.25) is 0 Å². The van der Waals surface area contributed by atoms with E-state index in [9.17, 15) is 0 Å². The Labute approximate surface area is 216 Å². The lowest BCUT2D eigenvalue weighted by molar-refractivity contribution is 0.529. The number of anilines is 1. The summed E-state index contributed by atoms with van der Waals surface area (Å²) in [6.07, 6.45) is 34.3. The second-order valence-electron chi connectivity index (χ2n) is 10.6. The maximum absolute atomic E-state index is 5.64. The van der Waals surface area contributed by atoms with Crippen LogP contribution >= 0.6 is 0 Å². The molecule has 0 aliphatic rings. The Morgan fingerprint density at radius 2 is 0.647 bits per heavy atom. The Morgan fingerprint density at radius 1 is 0.382 bits per heavy atom. The van der Waals surface area contributed by atoms with Crippen LogP contribution in [-0.2, 0) is 6.42 Å². The van der Waals surface area contributed by atoms with Crippen molar-refractivity contribution in [3.05, 3.63) is 29.8 Å². The van der Waals surface area contributed by atoms with Crippen molar-refractivity contribution in [2.75, 3.05) is 5.73 Å². The van der Waals surface area contributed by atoms with Crippen molar-refractivity contribution >= 4 is 5.69 Å². The molecule has 2 N–H and O–H groups in total. The number of nitrogen functional groups attached to an aromatic ring is 1. The van der Waals surface area contributed by atoms with Crippen LogP contribution < -0.4 is 5.73 Å². The van der Waals surface area contributed by atoms with E-state index in [-0.39, 0.29) is 0 Å². The van der Waals surface area contributed by atoms with Crippen molar-refractivity contribution in [3.63, 3.8) is 0 Å². The highest BCUT2D eigenvalue weighted by Gasteiger charge is 1.95. The molecule has 0 saturated heterocycles. The van der Waals surface area contributed by atoms with Gasteiger partial charge in [-0.3, -0.25) is 0 Å². The summed E-state index contributed by atoms with van der Waals surface area (Å²) >= 11 is 0. The summed E-state index contributed by atoms with van der Waals surface area (Å²) in [4.78, 5) is 0. The third kappa shape index (κ3) is 25.6. The molecule has 1 nitrogen and oxygen atoms in total. The molecule has 1 heteroatoms. The number of hydrogen-bond acceptors (Lipinski definition) is 1. The Balaban J connectivity index is 0.000000657. The molecule has 0 heterocycles. The predicted octanol–water partition coefficient (Wildman–Crippen LogP) is 11.8. The van der Waals surface area contributed by atoms with Gasteiger partial charge in [0.15, 0.2) is 0 Å². The molecule has 0 aliphatic carbocycles. The molecule has 1 rings (SSSR count). The predicted molar refractivity (Wildman–Crippen MR) is 158 cm³/mol. The van der Waals surface area contributed by atoms with E-state index in [2.05, 4.69) is 32.9 Å². The van der Waals surface area contributed by atoms with Gasteiger partial charge in [0, 0.05) is 5.69 Å². The maximum Gasteiger partial charge on any atom is 0.0314 e. The molecule has 0 radical (unpaired) electrons. The fourth-order valence-corrected chi connectivity index (χ4v) is 4.59. The first-order valence-corrected chi connectivity index (χ1v) is 15.6. The summed E-state index contributed by atoms with van der Waals surface area (Å²) in [6, 6.07) is 8.27. The smallest absolute Gasteiger partial charge is 0.0314 e. The van der Waals surface area contributed by atoms with Crippen molar-refractivity contribution in [1.82, 2.24) is 0 Å². The average molecular weight is 474 g/mol. The molecule has 34 heavy (non-hydrogen) atoms. The van der Waals surface area contributed by atoms with Gasteiger partial charge in [-0.2, -0.15) is 0 Å². The lowest BCUT2D eigenvalue weighted by atomic mass is 10.0. The minimum Gasteiger partial charge on any atom is -0.399 e. The summed E-state index contributed by atoms with van der Waals surface area (Å²) in [7, 11) is 0. The van der Waals surface area contributed by atoms with E-state index in [1.54, 1.807) is 0 Å². The first-order chi connectivity index (χ1) is 16.7. The molecule has 1 aromatic rings. The minimum absolute atomic E-state index is 0.863. The minimum atomic E-state index is 0.863. The van der Waals surface area contributed by atoms with Gasteiger partial charge in [-0.1, -0.05) is 174 Å². The van der Waals surface area contributed by atoms with Crippen LogP contribution in [0.1, 0.15) is 174 Å². The molecule has 0 amide bonds. The Kier molecular flexibility index (Phi) is 27.4. The first kappa shape index (κ1) is 33.0. The van der Waals surface area contributed by atoms with Gasteiger partial charge in [0.1, 0.15) is 0 Å². The van der Waals surface area contributed by atoms with Crippen LogP contribution in [0.25, 0.3) is 0 Å². The van der Waals surface area contributed by atoms with Gasteiger partial charge < -0.3 is 5.73 Å². The van der Waals surface area contributed by atoms with Crippen molar-refractivity contribution in [3.8, 4) is 0 Å². The number of hydrogen-bond donors (Lipinski definition) is 1. The molecule has 200 valence electrons. The summed E-state index contributed by atoms with van der Waals surface area (Å²) < 4.78 is 0. The highest BCUT2D eigenvalue weighted by atomic mass is 14.5. The number of benzene rings is 1. The van der Waals surface area contributed by atoms with Crippen molar-refractivity contribution in [1.29, 1.82) is 0 Å². The third-order valence-corrected chi connectivity index (χ3v) is 7.01. The molecule has 0 spiro atoms. The molecule has 1 aromatic carbocycles. The molecule has 0 unspecified atom stereocenters. The quantitative estimate of drug-likeness (QED) is 0.124. The molecular formula is C33H63N. The molecule has 0 saturated carbocycles. The molecule has 0 fully saturated rings. The van der Waals surface area contributed by atoms with Crippen LogP contribution in [-0.4, -0.2) is 0 Å². The van der Waals surface area contributed by atoms with Crippen LogP contribution in [0.4, 0.5) is 5.69 Å². The van der Waals surface area contributed by atoms with E-state index >= 15 is 0 Å². The molecule has 0 bridgehead atoms. The molecule has 0 aromatic heterocycles. The van der Waals surface area contributed by atoms with Crippen LogP contribution in [0.15, 0.2) is 24.3 Å². The Bertz CT molecular complexity index is 462. The van der Waals surface area contributed by atoms with Crippen LogP contribution in [0.3, 0.4) is 0 Å². The van der Waals surface area contributed by atoms with Crippen LogP contribution in [0.5, 0.6) is 0 Å². The number of rotatable bonds is 23. The lowest BCUT2D eigenvalue weighted by Crippen LogP contribution is -1.88. The Morgan fingerprint density at radius 3 is 0.941 bits per heavy atom. The summed E-state index contributed by atoms with van der Waals surface area (Å²) in [5.41, 5.74) is 7.92. The van der Waals surface area contributed by atoms with Gasteiger partial charge in [0.25, 0.3) is 0 Å². The third-order valence-electron chi connectivity index (χ3n) is 7.01. The number of aryl methyl sites for hydroxylation is 1. The zero-order chi connectivity index (χ0) is 25.0. The number of unbranched alkanes of at least 4 members (excludes halogenated alkanes) is 21. The summed E-state index contributed by atoms with van der Waals surface area (Å²) in [6.45, 7) is 6.85. The van der Waals surface area contributed by atoms with E-state index in [0.29, 0.717) is 0 Å². The highest BCUT2D eigenvalue weighted by molar-refractivity contribution is 5.39. The van der Waals surface area contributed by atoms with Crippen molar-refractivity contribution < 1.29 is 0 Å². The van der Waals surface area contributed by atoms with Gasteiger partial charge in [0.2, 0.25) is 0 Å². The lowest BCUT2D eigenvalue weighted by Gasteiger charge is -2.03. The zero-order valence-corrected chi connectivity index (χ0v) is 23.9. The molecule has 0 atom stereocenters. The van der Waals surface area contributed by atoms with E-state index in [0.717, 1.165) is 5.69 Å². The van der Waals surface area contributed by atoms with Crippen molar-refractivity contribution in [2.24, 2.45) is 0 Å². The van der Waals surface area contributed by atoms with Gasteiger partial charge in [-0.05, 0) is 30.5 Å². The van der Waals surface area contributed by atoms with E-state index in [1.807, 2.05) is 12.1 Å². The largest absolute Gasteiger partial charge is 0.399 e. The van der Waals surface area contributed by atoms with E-state index < -0.39 is 0 Å². The zero-order valence-electron chi connectivity index (χ0n) is 23.9. The van der Waals surface area contributed by atoms with E-state index in [1.165, 1.54) is 160 Å². The van der Waals surface area contributed by atoms with Gasteiger partial charge in [0.05, 0.1) is 0 Å². The van der Waals surface area contributed by atoms with Gasteiger partial charge in [-0.15, -0.1) is 0 Å². The number of nitrogens with two attached hydrogens (primary N) is 1. The first-order valence-electron chi connectivity index (χ1n) is 15.6. The van der Waals surface area contributed by atoms with Gasteiger partial charge in [-0.25, -0.2) is 0 Å². The van der Waals surface area contributed by atoms with E-state index in [4.69, 9.17) is 5.73 Å². The topological polar surface area (TPSA) is 26.0 Å².